The molecule has 0 spiro atoms. The number of rotatable bonds is 6. The van der Waals surface area contributed by atoms with Gasteiger partial charge in [0.2, 0.25) is 0 Å². The molecule has 0 saturated heterocycles. The van der Waals surface area contributed by atoms with Gasteiger partial charge in [0.05, 0.1) is 19.9 Å². The van der Waals surface area contributed by atoms with E-state index in [2.05, 4.69) is 10.5 Å². The predicted molar refractivity (Wildman–Crippen MR) is 70.7 cm³/mol. The lowest BCUT2D eigenvalue weighted by molar-refractivity contribution is 0.316. The number of anilines is 1. The van der Waals surface area contributed by atoms with Crippen molar-refractivity contribution in [3.05, 3.63) is 18.2 Å². The molecule has 0 saturated carbocycles. The van der Waals surface area contributed by atoms with Crippen molar-refractivity contribution in [3.8, 4) is 11.5 Å². The third-order valence-electron chi connectivity index (χ3n) is 2.45. The molecule has 18 heavy (non-hydrogen) atoms. The molecule has 0 heterocycles. The van der Waals surface area contributed by atoms with Crippen molar-refractivity contribution in [2.45, 2.75) is 19.4 Å². The Hall–Kier alpha value is -2.11. The minimum atomic E-state index is 0.0168. The Morgan fingerprint density at radius 2 is 2.17 bits per heavy atom. The maximum absolute atomic E-state index is 8.51. The molecule has 0 amide bonds. The van der Waals surface area contributed by atoms with Crippen molar-refractivity contribution in [1.29, 1.82) is 0 Å². The maximum Gasteiger partial charge on any atom is 0.145 e. The van der Waals surface area contributed by atoms with Gasteiger partial charge >= 0.3 is 0 Å². The van der Waals surface area contributed by atoms with Crippen molar-refractivity contribution in [2.75, 3.05) is 19.5 Å². The molecule has 1 rings (SSSR count). The molecule has 0 aliphatic heterocycles. The van der Waals surface area contributed by atoms with Gasteiger partial charge in [-0.3, -0.25) is 0 Å². The zero-order valence-electron chi connectivity index (χ0n) is 10.8. The van der Waals surface area contributed by atoms with Gasteiger partial charge in [0.1, 0.15) is 17.3 Å². The number of amidine groups is 1. The topological polar surface area (TPSA) is 89.1 Å². The highest BCUT2D eigenvalue weighted by molar-refractivity contribution is 5.80. The summed E-state index contributed by atoms with van der Waals surface area (Å²) in [6.45, 7) is 1.93. The summed E-state index contributed by atoms with van der Waals surface area (Å²) in [5, 5.41) is 14.7. The van der Waals surface area contributed by atoms with E-state index in [1.54, 1.807) is 20.3 Å². The van der Waals surface area contributed by atoms with E-state index in [0.717, 1.165) is 11.4 Å². The Balaban J connectivity index is 2.77. The standard InChI is InChI=1S/C12H19N3O3/c1-8(6-12(13)15-16)14-10-5-4-9(17-2)7-11(10)18-3/h4-5,7-8,14,16H,6H2,1-3H3,(H2,13,15). The summed E-state index contributed by atoms with van der Waals surface area (Å²) >= 11 is 0. The molecule has 1 unspecified atom stereocenters. The number of ether oxygens (including phenoxy) is 2. The van der Waals surface area contributed by atoms with Crippen LogP contribution in [-0.2, 0) is 0 Å². The minimum absolute atomic E-state index is 0.0168. The van der Waals surface area contributed by atoms with Crippen LogP contribution in [-0.4, -0.2) is 31.3 Å². The van der Waals surface area contributed by atoms with Crippen LogP contribution < -0.4 is 20.5 Å². The van der Waals surface area contributed by atoms with Gasteiger partial charge in [0.25, 0.3) is 0 Å². The van der Waals surface area contributed by atoms with Crippen LogP contribution in [0, 0.1) is 0 Å². The van der Waals surface area contributed by atoms with Gasteiger partial charge in [0, 0.05) is 18.5 Å². The zero-order valence-corrected chi connectivity index (χ0v) is 10.8. The summed E-state index contributed by atoms with van der Waals surface area (Å²) in [5.41, 5.74) is 6.28. The first-order valence-corrected chi connectivity index (χ1v) is 5.55. The smallest absolute Gasteiger partial charge is 0.145 e. The number of hydrogen-bond acceptors (Lipinski definition) is 5. The molecule has 0 radical (unpaired) electrons. The summed E-state index contributed by atoms with van der Waals surface area (Å²) in [4.78, 5) is 0. The molecule has 0 fully saturated rings. The highest BCUT2D eigenvalue weighted by Gasteiger charge is 2.09. The lowest BCUT2D eigenvalue weighted by Crippen LogP contribution is -2.24. The fraction of sp³-hybridized carbons (Fsp3) is 0.417. The van der Waals surface area contributed by atoms with Gasteiger partial charge in [0.15, 0.2) is 0 Å². The second-order valence-corrected chi connectivity index (χ2v) is 3.91. The number of benzene rings is 1. The van der Waals surface area contributed by atoms with Crippen LogP contribution >= 0.6 is 0 Å². The molecule has 1 aromatic rings. The van der Waals surface area contributed by atoms with Crippen molar-refractivity contribution >= 4 is 11.5 Å². The number of hydrogen-bond donors (Lipinski definition) is 3. The second kappa shape index (κ2) is 6.58. The summed E-state index contributed by atoms with van der Waals surface area (Å²) < 4.78 is 10.4. The largest absolute Gasteiger partial charge is 0.497 e. The Kier molecular flexibility index (Phi) is 5.10. The quantitative estimate of drug-likeness (QED) is 0.310. The SMILES string of the molecule is COc1ccc(NC(C)CC(N)=NO)c(OC)c1. The molecule has 1 aromatic carbocycles. The number of oxime groups is 1. The number of nitrogens with one attached hydrogen (secondary N) is 1. The van der Waals surface area contributed by atoms with E-state index in [1.807, 2.05) is 19.1 Å². The van der Waals surface area contributed by atoms with E-state index < -0.39 is 0 Å². The fourth-order valence-corrected chi connectivity index (χ4v) is 1.59. The van der Waals surface area contributed by atoms with Crippen LogP contribution in [0.3, 0.4) is 0 Å². The summed E-state index contributed by atoms with van der Waals surface area (Å²) in [5.74, 6) is 1.59. The van der Waals surface area contributed by atoms with Gasteiger partial charge in [-0.2, -0.15) is 0 Å². The lowest BCUT2D eigenvalue weighted by Gasteiger charge is -2.17. The fourth-order valence-electron chi connectivity index (χ4n) is 1.59. The van der Waals surface area contributed by atoms with Crippen LogP contribution in [0.2, 0.25) is 0 Å². The summed E-state index contributed by atoms with van der Waals surface area (Å²) in [7, 11) is 3.19. The molecule has 1 atom stereocenters. The van der Waals surface area contributed by atoms with Gasteiger partial charge < -0.3 is 25.7 Å². The van der Waals surface area contributed by atoms with Crippen LogP contribution in [0.4, 0.5) is 5.69 Å². The lowest BCUT2D eigenvalue weighted by atomic mass is 10.2. The Labute approximate surface area is 106 Å². The Morgan fingerprint density at radius 1 is 1.44 bits per heavy atom. The predicted octanol–water partition coefficient (Wildman–Crippen LogP) is 1.64. The van der Waals surface area contributed by atoms with E-state index in [0.29, 0.717) is 12.2 Å². The zero-order chi connectivity index (χ0) is 13.5. The first-order chi connectivity index (χ1) is 8.60. The molecule has 0 aliphatic rings. The normalized spacial score (nSPS) is 12.9. The average molecular weight is 253 g/mol. The van der Waals surface area contributed by atoms with Gasteiger partial charge in [-0.05, 0) is 19.1 Å². The molecular formula is C12H19N3O3. The van der Waals surface area contributed by atoms with Crippen molar-refractivity contribution in [1.82, 2.24) is 0 Å². The monoisotopic (exact) mass is 253 g/mol. The second-order valence-electron chi connectivity index (χ2n) is 3.91. The first-order valence-electron chi connectivity index (χ1n) is 5.55. The highest BCUT2D eigenvalue weighted by atomic mass is 16.5. The Morgan fingerprint density at radius 3 is 2.72 bits per heavy atom. The van der Waals surface area contributed by atoms with Crippen LogP contribution in [0.1, 0.15) is 13.3 Å². The van der Waals surface area contributed by atoms with Crippen LogP contribution in [0.15, 0.2) is 23.4 Å². The van der Waals surface area contributed by atoms with Crippen molar-refractivity contribution in [3.63, 3.8) is 0 Å². The first kappa shape index (κ1) is 14.0. The van der Waals surface area contributed by atoms with Crippen molar-refractivity contribution in [2.24, 2.45) is 10.9 Å². The van der Waals surface area contributed by atoms with E-state index >= 15 is 0 Å². The minimum Gasteiger partial charge on any atom is -0.497 e. The average Bonchev–Trinajstić information content (AvgIpc) is 2.38. The third kappa shape index (κ3) is 3.73. The van der Waals surface area contributed by atoms with E-state index in [9.17, 15) is 0 Å². The Bertz CT molecular complexity index is 421. The summed E-state index contributed by atoms with van der Waals surface area (Å²) in [6.07, 6.45) is 0.436. The van der Waals surface area contributed by atoms with Crippen LogP contribution in [0.5, 0.6) is 11.5 Å². The van der Waals surface area contributed by atoms with Gasteiger partial charge in [-0.1, -0.05) is 5.16 Å². The maximum atomic E-state index is 8.51. The van der Waals surface area contributed by atoms with Gasteiger partial charge in [-0.25, -0.2) is 0 Å². The number of nitrogens with two attached hydrogens (primary N) is 1. The molecule has 100 valence electrons. The molecule has 0 aromatic heterocycles. The van der Waals surface area contributed by atoms with Crippen LogP contribution in [0.25, 0.3) is 0 Å². The molecule has 4 N–H and O–H groups in total. The highest BCUT2D eigenvalue weighted by Crippen LogP contribution is 2.29. The number of nitrogens with zero attached hydrogens (tertiary/aromatic N) is 1. The summed E-state index contributed by atoms with van der Waals surface area (Å²) in [6, 6.07) is 5.50. The molecule has 6 heteroatoms. The molecular weight excluding hydrogens is 234 g/mol. The molecule has 0 aliphatic carbocycles. The van der Waals surface area contributed by atoms with Gasteiger partial charge in [-0.15, -0.1) is 0 Å². The van der Waals surface area contributed by atoms with E-state index in [-0.39, 0.29) is 11.9 Å². The van der Waals surface area contributed by atoms with E-state index in [4.69, 9.17) is 20.4 Å². The van der Waals surface area contributed by atoms with Crippen molar-refractivity contribution < 1.29 is 14.7 Å². The third-order valence-corrected chi connectivity index (χ3v) is 2.45. The number of methoxy groups -OCH3 is 2. The molecule has 6 nitrogen and oxygen atoms in total. The van der Waals surface area contributed by atoms with E-state index in [1.165, 1.54) is 0 Å². The molecule has 0 bridgehead atoms.